The molecule has 0 spiro atoms. The van der Waals surface area contributed by atoms with Gasteiger partial charge in [0, 0.05) is 28.4 Å². The Hall–Kier alpha value is -1.32. The quantitative estimate of drug-likeness (QED) is 0.884. The van der Waals surface area contributed by atoms with Crippen molar-refractivity contribution in [1.82, 2.24) is 0 Å². The summed E-state index contributed by atoms with van der Waals surface area (Å²) in [5.41, 5.74) is 8.70. The molecule has 0 radical (unpaired) electrons. The van der Waals surface area contributed by atoms with E-state index in [0.29, 0.717) is 5.92 Å². The van der Waals surface area contributed by atoms with Crippen molar-refractivity contribution in [1.29, 1.82) is 0 Å². The molecule has 0 saturated heterocycles. The summed E-state index contributed by atoms with van der Waals surface area (Å²) in [6.07, 6.45) is 0.972. The lowest BCUT2D eigenvalue weighted by atomic mass is 9.87. The number of nitrogens with two attached hydrogens (primary N) is 1. The van der Waals surface area contributed by atoms with Crippen molar-refractivity contribution >= 4 is 15.9 Å². The van der Waals surface area contributed by atoms with Crippen LogP contribution in [0.1, 0.15) is 36.4 Å². The topological polar surface area (TPSA) is 35.2 Å². The second-order valence-corrected chi connectivity index (χ2v) is 6.30. The molecule has 0 amide bonds. The molecule has 20 heavy (non-hydrogen) atoms. The lowest BCUT2D eigenvalue weighted by molar-refractivity contribution is 0.136. The van der Waals surface area contributed by atoms with Crippen LogP contribution in [0.15, 0.2) is 53.0 Å². The predicted octanol–water partition coefficient (Wildman–Crippen LogP) is 4.40. The number of fused-ring (bicyclic) bond motifs is 1. The largest absolute Gasteiger partial charge is 0.489 e. The molecule has 0 aliphatic carbocycles. The number of halogens is 1. The van der Waals surface area contributed by atoms with Crippen LogP contribution in [0.4, 0.5) is 0 Å². The van der Waals surface area contributed by atoms with Gasteiger partial charge in [0.1, 0.15) is 11.9 Å². The van der Waals surface area contributed by atoms with Crippen molar-refractivity contribution in [3.63, 3.8) is 0 Å². The van der Waals surface area contributed by atoms with E-state index < -0.39 is 0 Å². The first kappa shape index (κ1) is 13.7. The van der Waals surface area contributed by atoms with Crippen LogP contribution in [-0.4, -0.2) is 6.10 Å². The monoisotopic (exact) mass is 331 g/mol. The van der Waals surface area contributed by atoms with E-state index >= 15 is 0 Å². The molecule has 2 N–H and O–H groups in total. The molecule has 0 bridgehead atoms. The van der Waals surface area contributed by atoms with Gasteiger partial charge in [0.25, 0.3) is 0 Å². The third kappa shape index (κ3) is 2.60. The zero-order valence-corrected chi connectivity index (χ0v) is 13.0. The Balaban J connectivity index is 1.87. The second kappa shape index (κ2) is 5.58. The van der Waals surface area contributed by atoms with E-state index in [0.717, 1.165) is 22.2 Å². The molecule has 3 unspecified atom stereocenters. The fourth-order valence-electron chi connectivity index (χ4n) is 2.78. The molecule has 2 nitrogen and oxygen atoms in total. The van der Waals surface area contributed by atoms with Gasteiger partial charge in [-0.2, -0.15) is 0 Å². The molecule has 1 aliphatic rings. The molecular weight excluding hydrogens is 314 g/mol. The van der Waals surface area contributed by atoms with Crippen LogP contribution in [0.2, 0.25) is 0 Å². The van der Waals surface area contributed by atoms with Crippen LogP contribution >= 0.6 is 15.9 Å². The van der Waals surface area contributed by atoms with Gasteiger partial charge in [0.05, 0.1) is 0 Å². The minimum absolute atomic E-state index is 0.0445. The van der Waals surface area contributed by atoms with E-state index in [1.807, 2.05) is 24.3 Å². The van der Waals surface area contributed by atoms with Gasteiger partial charge in [0.15, 0.2) is 0 Å². The summed E-state index contributed by atoms with van der Waals surface area (Å²) < 4.78 is 7.21. The van der Waals surface area contributed by atoms with Crippen LogP contribution in [0.25, 0.3) is 0 Å². The second-order valence-electron chi connectivity index (χ2n) is 5.38. The average Bonchev–Trinajstić information content (AvgIpc) is 2.46. The average molecular weight is 332 g/mol. The van der Waals surface area contributed by atoms with E-state index in [2.05, 4.69) is 47.1 Å². The highest BCUT2D eigenvalue weighted by Crippen LogP contribution is 2.39. The molecule has 2 aromatic rings. The summed E-state index contributed by atoms with van der Waals surface area (Å²) in [6.45, 7) is 2.20. The van der Waals surface area contributed by atoms with E-state index in [4.69, 9.17) is 10.5 Å². The number of rotatable bonds is 2. The molecule has 0 aromatic heterocycles. The van der Waals surface area contributed by atoms with Gasteiger partial charge in [-0.25, -0.2) is 0 Å². The fraction of sp³-hybridized carbons (Fsp3) is 0.294. The molecule has 3 rings (SSSR count). The van der Waals surface area contributed by atoms with Crippen LogP contribution < -0.4 is 10.5 Å². The lowest BCUT2D eigenvalue weighted by Crippen LogP contribution is -2.33. The third-order valence-electron chi connectivity index (χ3n) is 4.02. The van der Waals surface area contributed by atoms with Gasteiger partial charge in [-0.15, -0.1) is 0 Å². The maximum absolute atomic E-state index is 6.31. The molecule has 0 saturated carbocycles. The minimum Gasteiger partial charge on any atom is -0.489 e. The Morgan fingerprint density at radius 1 is 1.20 bits per heavy atom. The minimum atomic E-state index is 0.0445. The SMILES string of the molecule is CC(c1ccccc1)C1CC(N)c2ccc(Br)cc2O1. The van der Waals surface area contributed by atoms with E-state index in [1.165, 1.54) is 5.56 Å². The Morgan fingerprint density at radius 3 is 2.70 bits per heavy atom. The normalized spacial score (nSPS) is 22.8. The highest BCUT2D eigenvalue weighted by atomic mass is 79.9. The first-order chi connectivity index (χ1) is 9.65. The van der Waals surface area contributed by atoms with Gasteiger partial charge >= 0.3 is 0 Å². The van der Waals surface area contributed by atoms with Gasteiger partial charge in [-0.05, 0) is 17.7 Å². The Kier molecular flexibility index (Phi) is 3.81. The summed E-state index contributed by atoms with van der Waals surface area (Å²) in [5, 5.41) is 0. The van der Waals surface area contributed by atoms with Crippen LogP contribution in [0.3, 0.4) is 0 Å². The maximum Gasteiger partial charge on any atom is 0.125 e. The third-order valence-corrected chi connectivity index (χ3v) is 4.52. The van der Waals surface area contributed by atoms with Gasteiger partial charge < -0.3 is 10.5 Å². The number of hydrogen-bond donors (Lipinski definition) is 1. The van der Waals surface area contributed by atoms with Crippen molar-refractivity contribution in [3.8, 4) is 5.75 Å². The number of hydrogen-bond acceptors (Lipinski definition) is 2. The zero-order valence-electron chi connectivity index (χ0n) is 11.4. The Bertz CT molecular complexity index is 599. The highest BCUT2D eigenvalue weighted by Gasteiger charge is 2.30. The summed E-state index contributed by atoms with van der Waals surface area (Å²) in [4.78, 5) is 0. The first-order valence-electron chi connectivity index (χ1n) is 6.92. The maximum atomic E-state index is 6.31. The van der Waals surface area contributed by atoms with Gasteiger partial charge in [-0.3, -0.25) is 0 Å². The first-order valence-corrected chi connectivity index (χ1v) is 7.71. The Labute approximate surface area is 128 Å². The molecule has 104 valence electrons. The van der Waals surface area contributed by atoms with Gasteiger partial charge in [0.2, 0.25) is 0 Å². The van der Waals surface area contributed by atoms with Crippen molar-refractivity contribution in [2.24, 2.45) is 5.73 Å². The number of ether oxygens (including phenoxy) is 1. The van der Waals surface area contributed by atoms with E-state index in [1.54, 1.807) is 0 Å². The van der Waals surface area contributed by atoms with Crippen molar-refractivity contribution < 1.29 is 4.74 Å². The summed E-state index contributed by atoms with van der Waals surface area (Å²) >= 11 is 3.49. The van der Waals surface area contributed by atoms with Crippen LogP contribution in [0, 0.1) is 0 Å². The standard InChI is InChI=1S/C17H18BrNO/c1-11(12-5-3-2-4-6-12)16-10-15(19)14-8-7-13(18)9-17(14)20-16/h2-9,11,15-16H,10,19H2,1H3. The van der Waals surface area contributed by atoms with Crippen molar-refractivity contribution in [3.05, 3.63) is 64.1 Å². The molecule has 1 aliphatic heterocycles. The summed E-state index contributed by atoms with van der Waals surface area (Å²) in [7, 11) is 0. The fourth-order valence-corrected chi connectivity index (χ4v) is 3.12. The Morgan fingerprint density at radius 2 is 1.95 bits per heavy atom. The van der Waals surface area contributed by atoms with Crippen LogP contribution in [0.5, 0.6) is 5.75 Å². The summed E-state index contributed by atoms with van der Waals surface area (Å²) in [5.74, 6) is 1.24. The molecule has 3 heteroatoms. The van der Waals surface area contributed by atoms with E-state index in [9.17, 15) is 0 Å². The molecule has 3 atom stereocenters. The zero-order chi connectivity index (χ0) is 14.1. The predicted molar refractivity (Wildman–Crippen MR) is 85.0 cm³/mol. The summed E-state index contributed by atoms with van der Waals surface area (Å²) in [6, 6.07) is 16.6. The van der Waals surface area contributed by atoms with E-state index in [-0.39, 0.29) is 12.1 Å². The van der Waals surface area contributed by atoms with Crippen molar-refractivity contribution in [2.45, 2.75) is 31.4 Å². The number of benzene rings is 2. The molecule has 2 aromatic carbocycles. The van der Waals surface area contributed by atoms with Crippen molar-refractivity contribution in [2.75, 3.05) is 0 Å². The molecule has 0 fully saturated rings. The lowest BCUT2D eigenvalue weighted by Gasteiger charge is -2.34. The molecular formula is C17H18BrNO. The smallest absolute Gasteiger partial charge is 0.125 e. The molecule has 1 heterocycles. The highest BCUT2D eigenvalue weighted by molar-refractivity contribution is 9.10. The van der Waals surface area contributed by atoms with Gasteiger partial charge in [-0.1, -0.05) is 59.3 Å². The van der Waals surface area contributed by atoms with Crippen LogP contribution in [-0.2, 0) is 0 Å².